The van der Waals surface area contributed by atoms with Gasteiger partial charge in [0.15, 0.2) is 0 Å². The lowest BCUT2D eigenvalue weighted by atomic mass is 9.69. The molecule has 2 amide bonds. The summed E-state index contributed by atoms with van der Waals surface area (Å²) in [6.07, 6.45) is 5.79. The number of hydrogen-bond acceptors (Lipinski definition) is 4. The van der Waals surface area contributed by atoms with Crippen LogP contribution < -0.4 is 14.8 Å². The van der Waals surface area contributed by atoms with E-state index in [1.807, 2.05) is 55.5 Å². The van der Waals surface area contributed by atoms with Crippen LogP contribution in [0.2, 0.25) is 10.0 Å². The number of methoxy groups -OCH3 is 1. The smallest absolute Gasteiger partial charge is 0.247 e. The first-order valence-electron chi connectivity index (χ1n) is 14.2. The van der Waals surface area contributed by atoms with E-state index in [4.69, 9.17) is 32.7 Å². The largest absolute Gasteiger partial charge is 0.497 e. The van der Waals surface area contributed by atoms with Gasteiger partial charge in [0.1, 0.15) is 23.6 Å². The molecule has 0 aromatic heterocycles. The molecule has 41 heavy (non-hydrogen) atoms. The van der Waals surface area contributed by atoms with Crippen LogP contribution in [0.3, 0.4) is 0 Å². The topological polar surface area (TPSA) is 67.9 Å². The van der Waals surface area contributed by atoms with Crippen molar-refractivity contribution in [2.24, 2.45) is 5.92 Å². The average molecular weight is 596 g/mol. The van der Waals surface area contributed by atoms with E-state index in [1.165, 1.54) is 6.42 Å². The Hall–Kier alpha value is -3.22. The zero-order chi connectivity index (χ0) is 29.0. The Balaban J connectivity index is 1.37. The quantitative estimate of drug-likeness (QED) is 0.257. The molecule has 1 heterocycles. The molecule has 2 atom stereocenters. The molecule has 6 nitrogen and oxygen atoms in total. The Morgan fingerprint density at radius 1 is 0.927 bits per heavy atom. The van der Waals surface area contributed by atoms with Crippen LogP contribution in [0.15, 0.2) is 66.7 Å². The van der Waals surface area contributed by atoms with E-state index in [-0.39, 0.29) is 24.5 Å². The second-order valence-corrected chi connectivity index (χ2v) is 11.9. The van der Waals surface area contributed by atoms with Gasteiger partial charge in [-0.15, -0.1) is 0 Å². The summed E-state index contributed by atoms with van der Waals surface area (Å²) in [5.41, 5.74) is 1.64. The van der Waals surface area contributed by atoms with E-state index in [2.05, 4.69) is 5.32 Å². The molecule has 2 aliphatic rings. The molecular weight excluding hydrogens is 559 g/mol. The first kappa shape index (κ1) is 29.3. The summed E-state index contributed by atoms with van der Waals surface area (Å²) >= 11 is 12.6. The van der Waals surface area contributed by atoms with Gasteiger partial charge in [-0.05, 0) is 60.4 Å². The molecule has 8 heteroatoms. The molecule has 216 valence electrons. The highest BCUT2D eigenvalue weighted by atomic mass is 35.5. The summed E-state index contributed by atoms with van der Waals surface area (Å²) in [5, 5.41) is 4.44. The van der Waals surface area contributed by atoms with Gasteiger partial charge in [-0.1, -0.05) is 79.7 Å². The molecular formula is C33H36Cl2N2O4. The van der Waals surface area contributed by atoms with Crippen molar-refractivity contribution in [2.45, 2.75) is 70.2 Å². The van der Waals surface area contributed by atoms with E-state index in [9.17, 15) is 9.59 Å². The van der Waals surface area contributed by atoms with Crippen molar-refractivity contribution in [3.63, 3.8) is 0 Å². The lowest BCUT2D eigenvalue weighted by Gasteiger charge is -2.56. The minimum absolute atomic E-state index is 0.0174. The van der Waals surface area contributed by atoms with Crippen molar-refractivity contribution in [3.05, 3.63) is 93.5 Å². The average Bonchev–Trinajstić information content (AvgIpc) is 2.99. The summed E-state index contributed by atoms with van der Waals surface area (Å²) in [5.74, 6) is 0.883. The van der Waals surface area contributed by atoms with Gasteiger partial charge in [0.25, 0.3) is 0 Å². The van der Waals surface area contributed by atoms with Gasteiger partial charge in [-0.3, -0.25) is 9.59 Å². The number of rotatable bonds is 10. The van der Waals surface area contributed by atoms with Gasteiger partial charge in [-0.25, -0.2) is 0 Å². The Morgan fingerprint density at radius 2 is 1.54 bits per heavy atom. The van der Waals surface area contributed by atoms with E-state index >= 15 is 0 Å². The summed E-state index contributed by atoms with van der Waals surface area (Å²) in [7, 11) is 1.62. The second kappa shape index (κ2) is 12.7. The third kappa shape index (κ3) is 6.19. The predicted octanol–water partition coefficient (Wildman–Crippen LogP) is 6.99. The summed E-state index contributed by atoms with van der Waals surface area (Å²) in [6.45, 7) is 2.47. The standard InChI is InChI=1S/C33H36Cl2N2O4/c1-22-31(38)37(20-24-13-15-26(40-2)16-14-24)33(22,32(39)36-25-7-4-3-5-8-25)19-23-11-17-27(18-12-23)41-21-28-29(34)9-6-10-30(28)35/h6,9-18,22,25H,3-5,7-8,19-21H2,1-2H3,(H,36,39)/t22-,33+/m1/s1. The van der Waals surface area contributed by atoms with Crippen LogP contribution in [0, 0.1) is 5.92 Å². The highest BCUT2D eigenvalue weighted by molar-refractivity contribution is 6.35. The molecule has 2 fully saturated rings. The number of hydrogen-bond donors (Lipinski definition) is 1. The van der Waals surface area contributed by atoms with Crippen LogP contribution in [0.25, 0.3) is 0 Å². The summed E-state index contributed by atoms with van der Waals surface area (Å²) < 4.78 is 11.3. The fraction of sp³-hybridized carbons (Fsp3) is 0.394. The zero-order valence-electron chi connectivity index (χ0n) is 23.5. The van der Waals surface area contributed by atoms with Gasteiger partial charge < -0.3 is 19.7 Å². The molecule has 1 saturated carbocycles. The fourth-order valence-corrected chi connectivity index (χ4v) is 6.49. The summed E-state index contributed by atoms with van der Waals surface area (Å²) in [4.78, 5) is 29.1. The number of β-lactam (4-membered cyclic amide) rings is 1. The Kier molecular flexibility index (Phi) is 9.10. The number of likely N-dealkylation sites (tertiary alicyclic amines) is 1. The first-order valence-corrected chi connectivity index (χ1v) is 15.0. The van der Waals surface area contributed by atoms with Crippen LogP contribution in [0.5, 0.6) is 11.5 Å². The third-order valence-corrected chi connectivity index (χ3v) is 9.22. The number of carbonyl (C=O) groups is 2. The number of amides is 2. The van der Waals surface area contributed by atoms with Crippen LogP contribution in [0.4, 0.5) is 0 Å². The van der Waals surface area contributed by atoms with Crippen molar-refractivity contribution >= 4 is 35.0 Å². The summed E-state index contributed by atoms with van der Waals surface area (Å²) in [6, 6.07) is 20.8. The molecule has 0 unspecified atom stereocenters. The maximum absolute atomic E-state index is 14.1. The van der Waals surface area contributed by atoms with Crippen LogP contribution in [-0.4, -0.2) is 35.4 Å². The number of halogens is 2. The van der Waals surface area contributed by atoms with E-state index < -0.39 is 11.5 Å². The van der Waals surface area contributed by atoms with Crippen LogP contribution >= 0.6 is 23.2 Å². The van der Waals surface area contributed by atoms with Crippen LogP contribution in [-0.2, 0) is 29.2 Å². The van der Waals surface area contributed by atoms with Crippen LogP contribution in [0.1, 0.15) is 55.7 Å². The highest BCUT2D eigenvalue weighted by Gasteiger charge is 2.62. The van der Waals surface area contributed by atoms with Gasteiger partial charge in [0, 0.05) is 34.6 Å². The van der Waals surface area contributed by atoms with Crippen molar-refractivity contribution in [2.75, 3.05) is 7.11 Å². The first-order chi connectivity index (χ1) is 19.8. The van der Waals surface area contributed by atoms with Crippen molar-refractivity contribution in [1.29, 1.82) is 0 Å². The Morgan fingerprint density at radius 3 is 2.17 bits per heavy atom. The minimum atomic E-state index is -0.984. The predicted molar refractivity (Wildman–Crippen MR) is 161 cm³/mol. The lowest BCUT2D eigenvalue weighted by molar-refractivity contribution is -0.179. The van der Waals surface area contributed by atoms with Gasteiger partial charge in [-0.2, -0.15) is 0 Å². The molecule has 1 N–H and O–H groups in total. The second-order valence-electron chi connectivity index (χ2n) is 11.0. The lowest BCUT2D eigenvalue weighted by Crippen LogP contribution is -2.76. The minimum Gasteiger partial charge on any atom is -0.497 e. The van der Waals surface area contributed by atoms with E-state index in [0.29, 0.717) is 28.8 Å². The fourth-order valence-electron chi connectivity index (χ4n) is 5.98. The van der Waals surface area contributed by atoms with Gasteiger partial charge in [0.05, 0.1) is 13.0 Å². The normalized spacial score (nSPS) is 20.8. The van der Waals surface area contributed by atoms with Gasteiger partial charge >= 0.3 is 0 Å². The molecule has 0 bridgehead atoms. The van der Waals surface area contributed by atoms with E-state index in [0.717, 1.165) is 48.1 Å². The van der Waals surface area contributed by atoms with Crippen molar-refractivity contribution < 1.29 is 19.1 Å². The SMILES string of the molecule is COc1ccc(CN2C(=O)[C@@H](C)[C@@]2(Cc2ccc(OCc3c(Cl)cccc3Cl)cc2)C(=O)NC2CCCCC2)cc1. The molecule has 0 radical (unpaired) electrons. The number of benzene rings is 3. The zero-order valence-corrected chi connectivity index (χ0v) is 25.0. The van der Waals surface area contributed by atoms with Crippen molar-refractivity contribution in [1.82, 2.24) is 10.2 Å². The van der Waals surface area contributed by atoms with Crippen molar-refractivity contribution in [3.8, 4) is 11.5 Å². The number of carbonyl (C=O) groups excluding carboxylic acids is 2. The molecule has 1 aliphatic carbocycles. The third-order valence-electron chi connectivity index (χ3n) is 8.51. The number of nitrogens with zero attached hydrogens (tertiary/aromatic N) is 1. The molecule has 5 rings (SSSR count). The molecule has 1 aliphatic heterocycles. The number of ether oxygens (including phenoxy) is 2. The maximum atomic E-state index is 14.1. The highest BCUT2D eigenvalue weighted by Crippen LogP contribution is 2.43. The van der Waals surface area contributed by atoms with Gasteiger partial charge in [0.2, 0.25) is 11.8 Å². The number of nitrogens with one attached hydrogen (secondary N) is 1. The molecule has 1 saturated heterocycles. The Bertz CT molecular complexity index is 1350. The molecule has 0 spiro atoms. The molecule has 3 aromatic carbocycles. The van der Waals surface area contributed by atoms with E-state index in [1.54, 1.807) is 30.2 Å². The monoisotopic (exact) mass is 594 g/mol. The Labute approximate surface area is 251 Å². The molecule has 3 aromatic rings. The maximum Gasteiger partial charge on any atom is 0.247 e.